The SMILES string of the molecule is [2H]O[C@@]12CCC(=O)C3([2H])Oc4c(OC)ccc5c4[C@@]31CCN(C([2H])([2H])[2H])[C@@H]2C5. The summed E-state index contributed by atoms with van der Waals surface area (Å²) >= 11 is 0. The van der Waals surface area contributed by atoms with Crippen molar-refractivity contribution < 1.29 is 24.9 Å². The van der Waals surface area contributed by atoms with Crippen molar-refractivity contribution in [3.8, 4) is 11.5 Å². The summed E-state index contributed by atoms with van der Waals surface area (Å²) in [6, 6.07) is 2.91. The van der Waals surface area contributed by atoms with Gasteiger partial charge in [-0.25, -0.2) is 0 Å². The van der Waals surface area contributed by atoms with Gasteiger partial charge in [0.15, 0.2) is 23.4 Å². The molecule has 2 heterocycles. The van der Waals surface area contributed by atoms with Crippen molar-refractivity contribution in [2.45, 2.75) is 48.8 Å². The fraction of sp³-hybridized carbons (Fsp3) is 0.611. The predicted molar refractivity (Wildman–Crippen MR) is 83.0 cm³/mol. The van der Waals surface area contributed by atoms with Gasteiger partial charge < -0.3 is 19.5 Å². The molecule has 23 heavy (non-hydrogen) atoms. The number of aliphatic hydroxyl groups is 1. The summed E-state index contributed by atoms with van der Waals surface area (Å²) in [5.74, 6) is 0.414. The normalized spacial score (nSPS) is 47.4. The summed E-state index contributed by atoms with van der Waals surface area (Å²) in [6.45, 7) is -2.20. The second-order valence-electron chi connectivity index (χ2n) is 6.94. The number of ether oxygens (including phenoxy) is 2. The Balaban J connectivity index is 1.86. The molecule has 1 unspecified atom stereocenters. The summed E-state index contributed by atoms with van der Waals surface area (Å²) < 4.78 is 52.6. The number of benzene rings is 1. The highest BCUT2D eigenvalue weighted by Gasteiger charge is 2.72. The molecule has 1 saturated heterocycles. The molecule has 0 aromatic heterocycles. The van der Waals surface area contributed by atoms with Crippen LogP contribution < -0.4 is 9.47 Å². The van der Waals surface area contributed by atoms with Crippen LogP contribution in [0.2, 0.25) is 0 Å². The molecule has 1 aromatic rings. The smallest absolute Gasteiger partial charge is 0.211 e. The van der Waals surface area contributed by atoms with E-state index in [1.54, 1.807) is 6.07 Å². The van der Waals surface area contributed by atoms with Crippen LogP contribution in [-0.4, -0.2) is 55.6 Å². The number of likely N-dealkylation sites (N-methyl/N-ethyl adjacent to an activating group) is 1. The van der Waals surface area contributed by atoms with Crippen LogP contribution in [0.1, 0.15) is 35.9 Å². The number of carbonyl (C=O) groups is 1. The highest BCUT2D eigenvalue weighted by molar-refractivity contribution is 5.90. The molecular formula is C18H21NO4. The van der Waals surface area contributed by atoms with Gasteiger partial charge in [-0.1, -0.05) is 6.07 Å². The molecule has 1 N–H and O–H groups in total. The summed E-state index contributed by atoms with van der Waals surface area (Å²) in [4.78, 5) is 14.4. The Morgan fingerprint density at radius 3 is 3.26 bits per heavy atom. The zero-order chi connectivity index (χ0) is 20.1. The van der Waals surface area contributed by atoms with E-state index < -0.39 is 30.1 Å². The highest BCUT2D eigenvalue weighted by atomic mass is 16.5. The number of hydrogen-bond donors (Lipinski definition) is 1. The molecule has 5 nitrogen and oxygen atoms in total. The molecule has 2 aliphatic heterocycles. The van der Waals surface area contributed by atoms with Crippen LogP contribution >= 0.6 is 0 Å². The van der Waals surface area contributed by atoms with E-state index in [0.717, 1.165) is 5.56 Å². The van der Waals surface area contributed by atoms with Gasteiger partial charge in [-0.05, 0) is 44.4 Å². The van der Waals surface area contributed by atoms with Crippen molar-refractivity contribution in [3.05, 3.63) is 23.3 Å². The molecule has 5 rings (SSSR count). The topological polar surface area (TPSA) is 59.0 Å². The van der Waals surface area contributed by atoms with Gasteiger partial charge in [0.25, 0.3) is 0 Å². The summed E-state index contributed by atoms with van der Waals surface area (Å²) in [5, 5.41) is 5.38. The summed E-state index contributed by atoms with van der Waals surface area (Å²) in [6.07, 6.45) is -1.24. The van der Waals surface area contributed by atoms with Crippen molar-refractivity contribution in [3.63, 3.8) is 0 Å². The minimum Gasteiger partial charge on any atom is -0.493 e. The van der Waals surface area contributed by atoms with Crippen LogP contribution in [0, 0.1) is 0 Å². The molecule has 2 bridgehead atoms. The second-order valence-corrected chi connectivity index (χ2v) is 6.94. The van der Waals surface area contributed by atoms with Gasteiger partial charge in [0, 0.05) is 22.1 Å². The van der Waals surface area contributed by atoms with E-state index in [9.17, 15) is 4.79 Å². The molecule has 4 aliphatic rings. The third kappa shape index (κ3) is 1.32. The molecule has 4 atom stereocenters. The summed E-state index contributed by atoms with van der Waals surface area (Å²) in [7, 11) is 1.50. The van der Waals surface area contributed by atoms with Crippen molar-refractivity contribution in [2.24, 2.45) is 0 Å². The second kappa shape index (κ2) is 4.08. The third-order valence-corrected chi connectivity index (χ3v) is 6.20. The Morgan fingerprint density at radius 2 is 2.48 bits per heavy atom. The van der Waals surface area contributed by atoms with Crippen LogP contribution in [0.3, 0.4) is 0 Å². The van der Waals surface area contributed by atoms with Gasteiger partial charge >= 0.3 is 0 Å². The number of ketones is 1. The lowest BCUT2D eigenvalue weighted by Gasteiger charge is -2.62. The number of carbonyl (C=O) groups excluding carboxylic acids is 1. The van der Waals surface area contributed by atoms with Crippen LogP contribution in [0.25, 0.3) is 0 Å². The molecule has 1 spiro atoms. The molecule has 2 aliphatic carbocycles. The number of likely N-dealkylation sites (tertiary alicyclic amines) is 1. The fourth-order valence-electron chi connectivity index (χ4n) is 5.21. The lowest BCUT2D eigenvalue weighted by molar-refractivity contribution is -0.185. The van der Waals surface area contributed by atoms with Gasteiger partial charge in [0.1, 0.15) is 0 Å². The Labute approximate surface area is 142 Å². The maximum absolute atomic E-state index is 13.0. The minimum atomic E-state index is -2.36. The first-order chi connectivity index (χ1) is 13.2. The Morgan fingerprint density at radius 1 is 1.57 bits per heavy atom. The zero-order valence-electron chi connectivity index (χ0n) is 17.8. The van der Waals surface area contributed by atoms with E-state index in [4.69, 9.17) is 21.5 Å². The lowest BCUT2D eigenvalue weighted by Crippen LogP contribution is -2.76. The number of piperidine rings is 1. The molecule has 122 valence electrons. The number of methoxy groups -OCH3 is 1. The van der Waals surface area contributed by atoms with E-state index in [1.807, 2.05) is 6.07 Å². The van der Waals surface area contributed by atoms with Gasteiger partial charge in [-0.3, -0.25) is 4.79 Å². The number of nitrogens with zero attached hydrogens (tertiary/aromatic N) is 1. The van der Waals surface area contributed by atoms with E-state index in [-0.39, 0.29) is 31.6 Å². The van der Waals surface area contributed by atoms with Crippen LogP contribution in [0.15, 0.2) is 12.1 Å². The zero-order valence-corrected chi connectivity index (χ0v) is 12.8. The van der Waals surface area contributed by atoms with E-state index in [0.29, 0.717) is 23.5 Å². The van der Waals surface area contributed by atoms with E-state index in [2.05, 4.69) is 0 Å². The first-order valence-corrected chi connectivity index (χ1v) is 8.00. The monoisotopic (exact) mass is 320 g/mol. The lowest BCUT2D eigenvalue weighted by atomic mass is 9.49. The predicted octanol–water partition coefficient (Wildman–Crippen LogP) is 1.05. The first kappa shape index (κ1) is 9.64. The Bertz CT molecular complexity index is 891. The van der Waals surface area contributed by atoms with Gasteiger partial charge in [-0.2, -0.15) is 0 Å². The van der Waals surface area contributed by atoms with Crippen molar-refractivity contribution >= 4 is 5.78 Å². The van der Waals surface area contributed by atoms with Crippen molar-refractivity contribution in [1.29, 1.82) is 1.43 Å². The maximum atomic E-state index is 13.0. The largest absolute Gasteiger partial charge is 0.493 e. The van der Waals surface area contributed by atoms with Gasteiger partial charge in [0.05, 0.1) is 19.5 Å². The van der Waals surface area contributed by atoms with Crippen molar-refractivity contribution in [2.75, 3.05) is 20.6 Å². The first-order valence-electron chi connectivity index (χ1n) is 10.4. The van der Waals surface area contributed by atoms with Gasteiger partial charge in [0.2, 0.25) is 1.43 Å². The Hall–Kier alpha value is -1.59. The van der Waals surface area contributed by atoms with E-state index >= 15 is 0 Å². The van der Waals surface area contributed by atoms with Crippen molar-refractivity contribution in [1.82, 2.24) is 4.90 Å². The molecule has 2 fully saturated rings. The number of Topliss-reactive ketones (excluding diaryl/α,β-unsaturated/α-hetero) is 1. The average molecular weight is 320 g/mol. The fourth-order valence-corrected chi connectivity index (χ4v) is 5.21. The highest BCUT2D eigenvalue weighted by Crippen LogP contribution is 2.64. The average Bonchev–Trinajstić information content (AvgIpc) is 2.91. The molecule has 0 radical (unpaired) electrons. The van der Waals surface area contributed by atoms with Crippen LogP contribution in [0.4, 0.5) is 0 Å². The minimum absolute atomic E-state index is 0.00110. The number of hydrogen-bond acceptors (Lipinski definition) is 5. The molecular weight excluding hydrogens is 294 g/mol. The number of rotatable bonds is 2. The van der Waals surface area contributed by atoms with E-state index in [1.165, 1.54) is 12.0 Å². The molecule has 1 saturated carbocycles. The van der Waals surface area contributed by atoms with Crippen LogP contribution in [-0.2, 0) is 16.6 Å². The third-order valence-electron chi connectivity index (χ3n) is 6.20. The van der Waals surface area contributed by atoms with Crippen LogP contribution in [0.5, 0.6) is 11.5 Å². The quantitative estimate of drug-likeness (QED) is 0.883. The molecule has 5 heteroatoms. The maximum Gasteiger partial charge on any atom is 0.211 e. The Kier molecular flexibility index (Phi) is 1.71. The summed E-state index contributed by atoms with van der Waals surface area (Å²) in [5.41, 5.74) is -1.05. The van der Waals surface area contributed by atoms with Gasteiger partial charge in [-0.15, -0.1) is 0 Å². The molecule has 1 aromatic carbocycles. The molecule has 0 amide bonds. The standard InChI is InChI=1S/C18H21NO4/c1-19-8-7-17-14-10-3-4-12(22-2)15(14)23-16(17)11(20)5-6-18(17,21)13(19)9-10/h3-4,13,16,21H,5-9H2,1-2H3/t13-,16?,17+,18-/m1/s1/i1D3,16D,21D.